The molecule has 11 heteroatoms. The Kier molecular flexibility index (Phi) is 16.5. The molecule has 0 saturated carbocycles. The lowest BCUT2D eigenvalue weighted by Gasteiger charge is -2.29. The van der Waals surface area contributed by atoms with Gasteiger partial charge in [-0.05, 0) is 167 Å². The Labute approximate surface area is 396 Å². The van der Waals surface area contributed by atoms with E-state index in [-0.39, 0.29) is 15.5 Å². The third-order valence-electron chi connectivity index (χ3n) is 11.4. The fourth-order valence-corrected chi connectivity index (χ4v) is 9.06. The minimum atomic E-state index is -3.84. The first-order valence-corrected chi connectivity index (χ1v) is 23.7. The molecule has 0 atom stereocenters. The predicted octanol–water partition coefficient (Wildman–Crippen LogP) is 12.3. The Morgan fingerprint density at radius 2 is 0.881 bits per heavy atom. The molecule has 6 rings (SSSR count). The fraction of sp³-hybridized carbons (Fsp3) is 0.286. The molecule has 0 fully saturated rings. The zero-order valence-corrected chi connectivity index (χ0v) is 40.7. The first kappa shape index (κ1) is 49.7. The third-order valence-corrected chi connectivity index (χ3v) is 13.2. The zero-order valence-electron chi connectivity index (χ0n) is 39.9. The number of allylic oxidation sites excluding steroid dienone is 4. The van der Waals surface area contributed by atoms with Crippen LogP contribution in [0.25, 0.3) is 0 Å². The van der Waals surface area contributed by atoms with Gasteiger partial charge >= 0.3 is 0 Å². The summed E-state index contributed by atoms with van der Waals surface area (Å²) in [5.41, 5.74) is 4.90. The molecule has 0 bridgehead atoms. The molecule has 0 aliphatic rings. The van der Waals surface area contributed by atoms with Crippen LogP contribution in [0.15, 0.2) is 155 Å². The molecule has 10 nitrogen and oxygen atoms in total. The molecule has 0 amide bonds. The number of phenols is 1. The molecule has 352 valence electrons. The van der Waals surface area contributed by atoms with Crippen LogP contribution in [0, 0.1) is 0 Å². The van der Waals surface area contributed by atoms with Crippen LogP contribution >= 0.6 is 0 Å². The average molecular weight is 927 g/mol. The van der Waals surface area contributed by atoms with E-state index in [1.807, 2.05) is 83.1 Å². The number of sulfone groups is 1. The maximum absolute atomic E-state index is 13.7. The number of phenolic OH excluding ortho intramolecular Hbond substituents is 1. The van der Waals surface area contributed by atoms with Crippen molar-refractivity contribution < 1.29 is 46.7 Å². The molecule has 0 saturated heterocycles. The fourth-order valence-electron chi connectivity index (χ4n) is 7.79. The van der Waals surface area contributed by atoms with Crippen molar-refractivity contribution in [3.63, 3.8) is 0 Å². The van der Waals surface area contributed by atoms with Crippen LogP contribution in [-0.2, 0) is 51.5 Å². The van der Waals surface area contributed by atoms with Crippen molar-refractivity contribution in [2.45, 2.75) is 81.3 Å². The zero-order chi connectivity index (χ0) is 48.2. The molecule has 6 aromatic carbocycles. The van der Waals surface area contributed by atoms with E-state index in [9.17, 15) is 13.5 Å². The minimum Gasteiger partial charge on any atom is -0.504 e. The average Bonchev–Trinajstić information content (AvgIpc) is 3.32. The lowest BCUT2D eigenvalue weighted by molar-refractivity contribution is -0.0155. The summed E-state index contributed by atoms with van der Waals surface area (Å²) in [5, 5.41) is 9.86. The Bertz CT molecular complexity index is 2770. The SMILES string of the molecule is CCOC(C)(C)c1ccc(C/C=C/Cc2ccc(Oc3ccc(S(=O)(=O)c4ccc(OC(C)(C)c5ccc(C/C=C/Cc6ccc(O)c(OC)c6)cc5OC)cc4)cc3)c(OC)c2)cc1OC. The van der Waals surface area contributed by atoms with Crippen molar-refractivity contribution in [1.82, 2.24) is 0 Å². The van der Waals surface area contributed by atoms with Gasteiger partial charge in [0.1, 0.15) is 28.6 Å². The van der Waals surface area contributed by atoms with Gasteiger partial charge in [-0.15, -0.1) is 0 Å². The lowest BCUT2D eigenvalue weighted by atomic mass is 9.94. The monoisotopic (exact) mass is 926 g/mol. The van der Waals surface area contributed by atoms with E-state index < -0.39 is 21.0 Å². The van der Waals surface area contributed by atoms with E-state index >= 15 is 0 Å². The molecule has 0 aliphatic heterocycles. The van der Waals surface area contributed by atoms with Crippen molar-refractivity contribution in [3.05, 3.63) is 179 Å². The topological polar surface area (TPSA) is 119 Å². The van der Waals surface area contributed by atoms with Gasteiger partial charge in [0.15, 0.2) is 23.0 Å². The molecule has 0 unspecified atom stereocenters. The largest absolute Gasteiger partial charge is 0.504 e. The number of hydrogen-bond acceptors (Lipinski definition) is 10. The maximum Gasteiger partial charge on any atom is 0.206 e. The van der Waals surface area contributed by atoms with Crippen LogP contribution in [0.5, 0.6) is 46.0 Å². The van der Waals surface area contributed by atoms with Crippen LogP contribution < -0.4 is 28.4 Å². The summed E-state index contributed by atoms with van der Waals surface area (Å²) in [6.45, 7) is 10.6. The van der Waals surface area contributed by atoms with Gasteiger partial charge in [0.25, 0.3) is 0 Å². The standard InChI is InChI=1S/C56H62O10S/c1-10-64-55(2,3)47-31-19-39(35-51(47)60-6)15-12-14-18-42-22-34-50(54(38-42)63-9)65-43-23-27-45(28-24-43)67(58,59)46-29-25-44(26-30-46)66-56(4,5)48-32-20-40(36-52(48)61-7)16-11-13-17-41-21-33-49(57)53(37-41)62-8/h11-14,19-38,57H,10,15-18H2,1-9H3/b13-11+,14-12+. The Balaban J connectivity index is 1.03. The molecular weight excluding hydrogens is 865 g/mol. The first-order chi connectivity index (χ1) is 32.1. The third kappa shape index (κ3) is 12.6. The second kappa shape index (κ2) is 22.2. The molecule has 0 radical (unpaired) electrons. The first-order valence-electron chi connectivity index (χ1n) is 22.2. The van der Waals surface area contributed by atoms with Crippen molar-refractivity contribution in [2.24, 2.45) is 0 Å². The quantitative estimate of drug-likeness (QED) is 0.0659. The number of benzene rings is 6. The highest BCUT2D eigenvalue weighted by molar-refractivity contribution is 7.91. The molecule has 67 heavy (non-hydrogen) atoms. The van der Waals surface area contributed by atoms with E-state index in [1.54, 1.807) is 63.8 Å². The van der Waals surface area contributed by atoms with E-state index in [0.29, 0.717) is 60.4 Å². The smallest absolute Gasteiger partial charge is 0.206 e. The van der Waals surface area contributed by atoms with Gasteiger partial charge in [-0.25, -0.2) is 8.42 Å². The van der Waals surface area contributed by atoms with Gasteiger partial charge in [0, 0.05) is 17.7 Å². The Morgan fingerprint density at radius 3 is 1.34 bits per heavy atom. The summed E-state index contributed by atoms with van der Waals surface area (Å²) in [5.74, 6) is 4.11. The Hall–Kier alpha value is -6.69. The van der Waals surface area contributed by atoms with Gasteiger partial charge in [-0.2, -0.15) is 0 Å². The molecule has 1 N–H and O–H groups in total. The summed E-state index contributed by atoms with van der Waals surface area (Å²) in [7, 11) is 2.60. The molecule has 0 spiro atoms. The maximum atomic E-state index is 13.7. The van der Waals surface area contributed by atoms with E-state index in [2.05, 4.69) is 42.5 Å². The highest BCUT2D eigenvalue weighted by atomic mass is 32.2. The van der Waals surface area contributed by atoms with Crippen molar-refractivity contribution in [1.29, 1.82) is 0 Å². The molecular formula is C56H62O10S. The molecule has 0 aromatic heterocycles. The van der Waals surface area contributed by atoms with Crippen molar-refractivity contribution >= 4 is 9.84 Å². The van der Waals surface area contributed by atoms with Gasteiger partial charge in [-0.1, -0.05) is 60.7 Å². The summed E-state index contributed by atoms with van der Waals surface area (Å²) >= 11 is 0. The lowest BCUT2D eigenvalue weighted by Crippen LogP contribution is -2.26. The summed E-state index contributed by atoms with van der Waals surface area (Å²) in [6.07, 6.45) is 11.3. The molecule has 0 aliphatic carbocycles. The second-order valence-electron chi connectivity index (χ2n) is 16.9. The number of methoxy groups -OCH3 is 4. The van der Waals surface area contributed by atoms with E-state index in [1.165, 1.54) is 19.2 Å². The number of rotatable bonds is 22. The number of hydrogen-bond donors (Lipinski definition) is 1. The predicted molar refractivity (Wildman–Crippen MR) is 263 cm³/mol. The van der Waals surface area contributed by atoms with Crippen LogP contribution in [0.2, 0.25) is 0 Å². The van der Waals surface area contributed by atoms with Gasteiger partial charge in [0.2, 0.25) is 9.84 Å². The number of ether oxygens (including phenoxy) is 7. The van der Waals surface area contributed by atoms with Crippen LogP contribution in [0.4, 0.5) is 0 Å². The second-order valence-corrected chi connectivity index (χ2v) is 18.9. The highest BCUT2D eigenvalue weighted by Crippen LogP contribution is 2.38. The summed E-state index contributed by atoms with van der Waals surface area (Å²) in [6, 6.07) is 36.1. The highest BCUT2D eigenvalue weighted by Gasteiger charge is 2.28. The molecule has 6 aromatic rings. The van der Waals surface area contributed by atoms with Crippen LogP contribution in [0.3, 0.4) is 0 Å². The van der Waals surface area contributed by atoms with Crippen LogP contribution in [0.1, 0.15) is 68.0 Å². The summed E-state index contributed by atoms with van der Waals surface area (Å²) in [4.78, 5) is 0.267. The van der Waals surface area contributed by atoms with Gasteiger partial charge in [-0.3, -0.25) is 0 Å². The normalized spacial score (nSPS) is 12.1. The van der Waals surface area contributed by atoms with Gasteiger partial charge < -0.3 is 38.3 Å². The van der Waals surface area contributed by atoms with Crippen LogP contribution in [-0.4, -0.2) is 48.6 Å². The van der Waals surface area contributed by atoms with Crippen molar-refractivity contribution in [2.75, 3.05) is 35.0 Å². The Morgan fingerprint density at radius 1 is 0.478 bits per heavy atom. The minimum absolute atomic E-state index is 0.116. The summed E-state index contributed by atoms with van der Waals surface area (Å²) < 4.78 is 68.3. The van der Waals surface area contributed by atoms with Crippen molar-refractivity contribution in [3.8, 4) is 46.0 Å². The number of aromatic hydroxyl groups is 1. The van der Waals surface area contributed by atoms with E-state index in [0.717, 1.165) is 45.6 Å². The van der Waals surface area contributed by atoms with Gasteiger partial charge in [0.05, 0.1) is 43.8 Å². The molecule has 0 heterocycles. The van der Waals surface area contributed by atoms with E-state index in [4.69, 9.17) is 33.2 Å².